The number of benzene rings is 1. The molecule has 0 aromatic heterocycles. The van der Waals surface area contributed by atoms with E-state index >= 15 is 0 Å². The van der Waals surface area contributed by atoms with E-state index in [0.29, 0.717) is 0 Å². The van der Waals surface area contributed by atoms with Crippen LogP contribution in [0, 0.1) is 0 Å². The zero-order valence-corrected chi connectivity index (χ0v) is 12.2. The third-order valence-corrected chi connectivity index (χ3v) is 3.33. The standard InChI is InChI=1S/C16H25NO2/c1-4-5-6-7-16(19)14-8-10-15(11-9-14)17(12-18)13(2)3/h8-13,16,19H,4-7H2,1-3H3. The molecule has 0 spiro atoms. The Balaban J connectivity index is 2.67. The predicted molar refractivity (Wildman–Crippen MR) is 79.2 cm³/mol. The van der Waals surface area contributed by atoms with Gasteiger partial charge in [-0.05, 0) is 38.0 Å². The van der Waals surface area contributed by atoms with Crippen molar-refractivity contribution >= 4 is 12.1 Å². The molecule has 1 aromatic rings. The number of hydrogen-bond donors (Lipinski definition) is 1. The third kappa shape index (κ3) is 4.67. The molecule has 0 aliphatic carbocycles. The van der Waals surface area contributed by atoms with Crippen molar-refractivity contribution in [2.45, 2.75) is 58.6 Å². The number of nitrogens with zero attached hydrogens (tertiary/aromatic N) is 1. The molecule has 0 saturated carbocycles. The first-order valence-corrected chi connectivity index (χ1v) is 7.11. The number of hydrogen-bond acceptors (Lipinski definition) is 2. The maximum absolute atomic E-state index is 11.0. The van der Waals surface area contributed by atoms with Crippen molar-refractivity contribution < 1.29 is 9.90 Å². The SMILES string of the molecule is CCCCCC(O)c1ccc(N(C=O)C(C)C)cc1. The second-order valence-corrected chi connectivity index (χ2v) is 5.21. The maximum atomic E-state index is 11.0. The summed E-state index contributed by atoms with van der Waals surface area (Å²) in [4.78, 5) is 12.7. The first-order valence-electron chi connectivity index (χ1n) is 7.11. The van der Waals surface area contributed by atoms with Gasteiger partial charge in [-0.2, -0.15) is 0 Å². The molecule has 3 nitrogen and oxygen atoms in total. The summed E-state index contributed by atoms with van der Waals surface area (Å²) in [6.07, 6.45) is 4.61. The largest absolute Gasteiger partial charge is 0.388 e. The van der Waals surface area contributed by atoms with Gasteiger partial charge in [0.05, 0.1) is 6.10 Å². The van der Waals surface area contributed by atoms with Crippen molar-refractivity contribution in [2.24, 2.45) is 0 Å². The fraction of sp³-hybridized carbons (Fsp3) is 0.562. The zero-order chi connectivity index (χ0) is 14.3. The molecule has 1 rings (SSSR count). The maximum Gasteiger partial charge on any atom is 0.214 e. The van der Waals surface area contributed by atoms with E-state index < -0.39 is 6.10 Å². The highest BCUT2D eigenvalue weighted by Gasteiger charge is 2.11. The number of aliphatic hydroxyl groups excluding tert-OH is 1. The lowest BCUT2D eigenvalue weighted by molar-refractivity contribution is -0.107. The van der Waals surface area contributed by atoms with Crippen LogP contribution in [0.15, 0.2) is 24.3 Å². The van der Waals surface area contributed by atoms with E-state index in [0.717, 1.165) is 43.3 Å². The Morgan fingerprint density at radius 1 is 1.21 bits per heavy atom. The quantitative estimate of drug-likeness (QED) is 0.574. The van der Waals surface area contributed by atoms with Crippen molar-refractivity contribution in [1.29, 1.82) is 0 Å². The molecular weight excluding hydrogens is 238 g/mol. The summed E-state index contributed by atoms with van der Waals surface area (Å²) in [7, 11) is 0. The second kappa shape index (κ2) is 7.95. The molecule has 3 heteroatoms. The molecule has 0 saturated heterocycles. The Morgan fingerprint density at radius 3 is 2.32 bits per heavy atom. The summed E-state index contributed by atoms with van der Waals surface area (Å²) in [6.45, 7) is 6.10. The number of amides is 1. The molecular formula is C16H25NO2. The smallest absolute Gasteiger partial charge is 0.214 e. The second-order valence-electron chi connectivity index (χ2n) is 5.21. The zero-order valence-electron chi connectivity index (χ0n) is 12.2. The third-order valence-electron chi connectivity index (χ3n) is 3.33. The van der Waals surface area contributed by atoms with Gasteiger partial charge in [-0.3, -0.25) is 4.79 Å². The first kappa shape index (κ1) is 15.7. The fourth-order valence-corrected chi connectivity index (χ4v) is 2.10. The van der Waals surface area contributed by atoms with Gasteiger partial charge in [0.25, 0.3) is 0 Å². The minimum atomic E-state index is -0.399. The molecule has 0 heterocycles. The summed E-state index contributed by atoms with van der Waals surface area (Å²) in [5.41, 5.74) is 1.80. The molecule has 1 unspecified atom stereocenters. The van der Waals surface area contributed by atoms with E-state index in [4.69, 9.17) is 0 Å². The lowest BCUT2D eigenvalue weighted by Crippen LogP contribution is -2.28. The van der Waals surface area contributed by atoms with Crippen LogP contribution in [0.3, 0.4) is 0 Å². The Morgan fingerprint density at radius 2 is 1.84 bits per heavy atom. The van der Waals surface area contributed by atoms with Crippen molar-refractivity contribution in [1.82, 2.24) is 0 Å². The topological polar surface area (TPSA) is 40.5 Å². The molecule has 0 fully saturated rings. The van der Waals surface area contributed by atoms with Crippen molar-refractivity contribution in [2.75, 3.05) is 4.90 Å². The lowest BCUT2D eigenvalue weighted by Gasteiger charge is -2.22. The molecule has 0 bridgehead atoms. The summed E-state index contributed by atoms with van der Waals surface area (Å²) < 4.78 is 0. The summed E-state index contributed by atoms with van der Waals surface area (Å²) >= 11 is 0. The summed E-state index contributed by atoms with van der Waals surface area (Å²) in [5.74, 6) is 0. The molecule has 0 aliphatic heterocycles. The summed E-state index contributed by atoms with van der Waals surface area (Å²) in [5, 5.41) is 10.1. The Bertz CT molecular complexity index is 373. The van der Waals surface area contributed by atoms with E-state index in [1.165, 1.54) is 0 Å². The van der Waals surface area contributed by atoms with Crippen LogP contribution in [0.4, 0.5) is 5.69 Å². The van der Waals surface area contributed by atoms with E-state index in [1.54, 1.807) is 4.90 Å². The lowest BCUT2D eigenvalue weighted by atomic mass is 10.0. The van der Waals surface area contributed by atoms with Crippen LogP contribution in [0.2, 0.25) is 0 Å². The molecule has 0 aliphatic rings. The number of aliphatic hydroxyl groups is 1. The van der Waals surface area contributed by atoms with Gasteiger partial charge in [0.2, 0.25) is 6.41 Å². The monoisotopic (exact) mass is 263 g/mol. The van der Waals surface area contributed by atoms with Crippen molar-refractivity contribution in [3.8, 4) is 0 Å². The highest BCUT2D eigenvalue weighted by molar-refractivity contribution is 5.75. The van der Waals surface area contributed by atoms with Crippen LogP contribution in [0.1, 0.15) is 58.1 Å². The van der Waals surface area contributed by atoms with Gasteiger partial charge in [-0.15, -0.1) is 0 Å². The number of rotatable bonds is 8. The fourth-order valence-electron chi connectivity index (χ4n) is 2.10. The van der Waals surface area contributed by atoms with Crippen molar-refractivity contribution in [3.63, 3.8) is 0 Å². The average molecular weight is 263 g/mol. The molecule has 1 atom stereocenters. The number of unbranched alkanes of at least 4 members (excludes halogenated alkanes) is 2. The number of carbonyl (C=O) groups excluding carboxylic acids is 1. The normalized spacial score (nSPS) is 12.5. The van der Waals surface area contributed by atoms with Gasteiger partial charge >= 0.3 is 0 Å². The highest BCUT2D eigenvalue weighted by atomic mass is 16.3. The number of anilines is 1. The first-order chi connectivity index (χ1) is 9.10. The van der Waals surface area contributed by atoms with E-state index in [2.05, 4.69) is 6.92 Å². The van der Waals surface area contributed by atoms with Gasteiger partial charge in [0.1, 0.15) is 0 Å². The molecule has 1 aromatic carbocycles. The van der Waals surface area contributed by atoms with Crippen molar-refractivity contribution in [3.05, 3.63) is 29.8 Å². The molecule has 1 N–H and O–H groups in total. The van der Waals surface area contributed by atoms with Gasteiger partial charge in [-0.25, -0.2) is 0 Å². The molecule has 19 heavy (non-hydrogen) atoms. The molecule has 106 valence electrons. The van der Waals surface area contributed by atoms with E-state index in [-0.39, 0.29) is 6.04 Å². The Hall–Kier alpha value is -1.35. The highest BCUT2D eigenvalue weighted by Crippen LogP contribution is 2.23. The minimum absolute atomic E-state index is 0.137. The average Bonchev–Trinajstić information content (AvgIpc) is 2.40. The minimum Gasteiger partial charge on any atom is -0.388 e. The van der Waals surface area contributed by atoms with Crippen LogP contribution in [0.5, 0.6) is 0 Å². The Labute approximate surface area is 116 Å². The predicted octanol–water partition coefficient (Wildman–Crippen LogP) is 3.67. The van der Waals surface area contributed by atoms with Gasteiger partial charge < -0.3 is 10.0 Å². The van der Waals surface area contributed by atoms with Crippen LogP contribution in [-0.4, -0.2) is 17.6 Å². The summed E-state index contributed by atoms with van der Waals surface area (Å²) in [6, 6.07) is 7.74. The molecule has 1 amide bonds. The Kier molecular flexibility index (Phi) is 6.57. The van der Waals surface area contributed by atoms with Crippen LogP contribution >= 0.6 is 0 Å². The van der Waals surface area contributed by atoms with Gasteiger partial charge in [-0.1, -0.05) is 38.3 Å². The van der Waals surface area contributed by atoms with E-state index in [9.17, 15) is 9.90 Å². The van der Waals surface area contributed by atoms with Gasteiger partial charge in [0.15, 0.2) is 0 Å². The van der Waals surface area contributed by atoms with E-state index in [1.807, 2.05) is 38.1 Å². The van der Waals surface area contributed by atoms with Crippen LogP contribution < -0.4 is 4.90 Å². The van der Waals surface area contributed by atoms with Gasteiger partial charge in [0, 0.05) is 11.7 Å². The number of carbonyl (C=O) groups is 1. The molecule has 0 radical (unpaired) electrons. The van der Waals surface area contributed by atoms with Crippen LogP contribution in [0.25, 0.3) is 0 Å². The van der Waals surface area contributed by atoms with Crippen LogP contribution in [-0.2, 0) is 4.79 Å².